The van der Waals surface area contributed by atoms with Crippen LogP contribution in [0.3, 0.4) is 0 Å². The zero-order chi connectivity index (χ0) is 17.6. The highest BCUT2D eigenvalue weighted by atomic mass is 35.5. The topological polar surface area (TPSA) is 24.8 Å². The van der Waals surface area contributed by atoms with Gasteiger partial charge in [-0.2, -0.15) is 0 Å². The maximum absolute atomic E-state index is 12.8. The number of piperidine rings is 1. The number of quaternary nitrogens is 1. The molecule has 1 aliphatic heterocycles. The summed E-state index contributed by atoms with van der Waals surface area (Å²) < 4.78 is 0. The van der Waals surface area contributed by atoms with E-state index in [-0.39, 0.29) is 11.8 Å². The maximum atomic E-state index is 12.8. The predicted molar refractivity (Wildman–Crippen MR) is 101 cm³/mol. The SMILES string of the molecule is CN(Cc1ccccc1)C(=O)[C@H]1CCC[NH+](Cc2cccc(Cl)c2)C1. The summed E-state index contributed by atoms with van der Waals surface area (Å²) in [6.07, 6.45) is 2.10. The van der Waals surface area contributed by atoms with Crippen LogP contribution in [0.5, 0.6) is 0 Å². The van der Waals surface area contributed by atoms with Gasteiger partial charge >= 0.3 is 0 Å². The summed E-state index contributed by atoms with van der Waals surface area (Å²) in [6.45, 7) is 3.65. The highest BCUT2D eigenvalue weighted by Gasteiger charge is 2.30. The van der Waals surface area contributed by atoms with Gasteiger partial charge in [0.1, 0.15) is 6.54 Å². The normalized spacial score (nSPS) is 20.2. The molecule has 0 aromatic heterocycles. The molecular formula is C21H26ClN2O+. The minimum atomic E-state index is 0.122. The molecule has 3 nitrogen and oxygen atoms in total. The fourth-order valence-corrected chi connectivity index (χ4v) is 3.92. The van der Waals surface area contributed by atoms with Crippen LogP contribution in [0.2, 0.25) is 5.02 Å². The number of rotatable bonds is 5. The molecular weight excluding hydrogens is 332 g/mol. The molecule has 1 heterocycles. The van der Waals surface area contributed by atoms with Crippen LogP contribution in [0.1, 0.15) is 24.0 Å². The number of nitrogens with one attached hydrogen (secondary N) is 1. The largest absolute Gasteiger partial charge is 0.341 e. The highest BCUT2D eigenvalue weighted by Crippen LogP contribution is 2.14. The van der Waals surface area contributed by atoms with E-state index >= 15 is 0 Å². The van der Waals surface area contributed by atoms with Crippen LogP contribution in [0.25, 0.3) is 0 Å². The Hall–Kier alpha value is -1.84. The summed E-state index contributed by atoms with van der Waals surface area (Å²) in [5.41, 5.74) is 2.42. The Morgan fingerprint density at radius 2 is 1.92 bits per heavy atom. The zero-order valence-corrected chi connectivity index (χ0v) is 15.5. The first-order valence-electron chi connectivity index (χ1n) is 8.99. The third kappa shape index (κ3) is 5.07. The number of benzene rings is 2. The molecule has 3 rings (SSSR count). The Bertz CT molecular complexity index is 704. The molecule has 0 bridgehead atoms. The van der Waals surface area contributed by atoms with Gasteiger partial charge in [-0.25, -0.2) is 0 Å². The summed E-state index contributed by atoms with van der Waals surface area (Å²) in [7, 11) is 1.92. The Balaban J connectivity index is 1.57. The van der Waals surface area contributed by atoms with E-state index in [0.717, 1.165) is 37.5 Å². The van der Waals surface area contributed by atoms with Crippen LogP contribution in [0.4, 0.5) is 0 Å². The molecule has 25 heavy (non-hydrogen) atoms. The Kier molecular flexibility index (Phi) is 6.11. The van der Waals surface area contributed by atoms with E-state index in [1.807, 2.05) is 48.3 Å². The van der Waals surface area contributed by atoms with Crippen molar-refractivity contribution in [2.45, 2.75) is 25.9 Å². The van der Waals surface area contributed by atoms with Gasteiger partial charge in [0.25, 0.3) is 0 Å². The van der Waals surface area contributed by atoms with E-state index in [4.69, 9.17) is 11.6 Å². The minimum absolute atomic E-state index is 0.122. The molecule has 0 aliphatic carbocycles. The Labute approximate surface area is 155 Å². The van der Waals surface area contributed by atoms with Gasteiger partial charge in [-0.05, 0) is 30.5 Å². The lowest BCUT2D eigenvalue weighted by Gasteiger charge is -2.31. The van der Waals surface area contributed by atoms with Crippen LogP contribution in [-0.2, 0) is 17.9 Å². The molecule has 1 N–H and O–H groups in total. The van der Waals surface area contributed by atoms with Crippen LogP contribution < -0.4 is 4.90 Å². The van der Waals surface area contributed by atoms with Gasteiger partial charge < -0.3 is 9.80 Å². The summed E-state index contributed by atoms with van der Waals surface area (Å²) in [6, 6.07) is 18.2. The van der Waals surface area contributed by atoms with E-state index in [2.05, 4.69) is 18.2 Å². The lowest BCUT2D eigenvalue weighted by molar-refractivity contribution is -0.921. The molecule has 0 radical (unpaired) electrons. The molecule has 1 fully saturated rings. The van der Waals surface area contributed by atoms with Crippen molar-refractivity contribution in [2.75, 3.05) is 20.1 Å². The van der Waals surface area contributed by atoms with Crippen LogP contribution in [0, 0.1) is 5.92 Å². The van der Waals surface area contributed by atoms with E-state index < -0.39 is 0 Å². The number of likely N-dealkylation sites (tertiary alicyclic amines) is 1. The van der Waals surface area contributed by atoms with E-state index in [1.54, 1.807) is 0 Å². The number of carbonyl (C=O) groups excluding carboxylic acids is 1. The van der Waals surface area contributed by atoms with Crippen molar-refractivity contribution in [1.82, 2.24) is 4.90 Å². The number of hydrogen-bond acceptors (Lipinski definition) is 1. The Morgan fingerprint density at radius 3 is 2.68 bits per heavy atom. The Morgan fingerprint density at radius 1 is 1.16 bits per heavy atom. The first kappa shape index (κ1) is 18.0. The van der Waals surface area contributed by atoms with Crippen molar-refractivity contribution in [3.8, 4) is 0 Å². The molecule has 2 aromatic rings. The number of nitrogens with zero attached hydrogens (tertiary/aromatic N) is 1. The second kappa shape index (κ2) is 8.50. The fraction of sp³-hybridized carbons (Fsp3) is 0.381. The standard InChI is InChI=1S/C21H25ClN2O/c1-23(14-17-7-3-2-4-8-17)21(25)19-10-6-12-24(16-19)15-18-9-5-11-20(22)13-18/h2-5,7-9,11,13,19H,6,10,12,14-16H2,1H3/p+1/t19-/m0/s1. The van der Waals surface area contributed by atoms with Crippen molar-refractivity contribution in [3.05, 3.63) is 70.7 Å². The summed E-state index contributed by atoms with van der Waals surface area (Å²) in [4.78, 5) is 16.2. The zero-order valence-electron chi connectivity index (χ0n) is 14.7. The molecule has 132 valence electrons. The van der Waals surface area contributed by atoms with E-state index in [0.29, 0.717) is 6.54 Å². The van der Waals surface area contributed by atoms with Gasteiger partial charge in [0.2, 0.25) is 5.91 Å². The predicted octanol–water partition coefficient (Wildman–Crippen LogP) is 2.79. The average Bonchev–Trinajstić information content (AvgIpc) is 2.62. The first-order chi connectivity index (χ1) is 12.1. The minimum Gasteiger partial charge on any atom is -0.341 e. The molecule has 1 saturated heterocycles. The maximum Gasteiger partial charge on any atom is 0.231 e. The summed E-state index contributed by atoms with van der Waals surface area (Å²) in [5, 5.41) is 0.782. The molecule has 2 aromatic carbocycles. The first-order valence-corrected chi connectivity index (χ1v) is 9.36. The third-order valence-corrected chi connectivity index (χ3v) is 5.18. The van der Waals surface area contributed by atoms with Gasteiger partial charge in [-0.3, -0.25) is 4.79 Å². The summed E-state index contributed by atoms with van der Waals surface area (Å²) >= 11 is 6.09. The van der Waals surface area contributed by atoms with Gasteiger partial charge in [0.05, 0.1) is 19.0 Å². The molecule has 0 spiro atoms. The molecule has 4 heteroatoms. The average molecular weight is 358 g/mol. The van der Waals surface area contributed by atoms with Crippen molar-refractivity contribution < 1.29 is 9.69 Å². The number of amides is 1. The van der Waals surface area contributed by atoms with Gasteiger partial charge in [-0.15, -0.1) is 0 Å². The molecule has 2 atom stereocenters. The molecule has 0 saturated carbocycles. The lowest BCUT2D eigenvalue weighted by atomic mass is 9.96. The highest BCUT2D eigenvalue weighted by molar-refractivity contribution is 6.30. The number of hydrogen-bond donors (Lipinski definition) is 1. The van der Waals surface area contributed by atoms with E-state index in [1.165, 1.54) is 16.0 Å². The van der Waals surface area contributed by atoms with E-state index in [9.17, 15) is 4.79 Å². The fourth-order valence-electron chi connectivity index (χ4n) is 3.70. The smallest absolute Gasteiger partial charge is 0.231 e. The van der Waals surface area contributed by atoms with Crippen molar-refractivity contribution >= 4 is 17.5 Å². The van der Waals surface area contributed by atoms with Crippen LogP contribution in [-0.4, -0.2) is 30.9 Å². The van der Waals surface area contributed by atoms with Gasteiger partial charge in [0.15, 0.2) is 0 Å². The quantitative estimate of drug-likeness (QED) is 0.874. The van der Waals surface area contributed by atoms with Crippen LogP contribution >= 0.6 is 11.6 Å². The van der Waals surface area contributed by atoms with Gasteiger partial charge in [-0.1, -0.05) is 54.1 Å². The van der Waals surface area contributed by atoms with Crippen molar-refractivity contribution in [1.29, 1.82) is 0 Å². The lowest BCUT2D eigenvalue weighted by Crippen LogP contribution is -3.12. The second-order valence-electron chi connectivity index (χ2n) is 7.03. The van der Waals surface area contributed by atoms with Gasteiger partial charge in [0, 0.05) is 24.2 Å². The number of carbonyl (C=O) groups is 1. The number of halogens is 1. The van der Waals surface area contributed by atoms with Crippen molar-refractivity contribution in [3.63, 3.8) is 0 Å². The molecule has 1 aliphatic rings. The summed E-state index contributed by atoms with van der Waals surface area (Å²) in [5.74, 6) is 0.392. The van der Waals surface area contributed by atoms with Crippen molar-refractivity contribution in [2.24, 2.45) is 5.92 Å². The second-order valence-corrected chi connectivity index (χ2v) is 7.47. The van der Waals surface area contributed by atoms with Crippen LogP contribution in [0.15, 0.2) is 54.6 Å². The molecule has 1 amide bonds. The monoisotopic (exact) mass is 357 g/mol. The molecule has 1 unspecified atom stereocenters. The third-order valence-electron chi connectivity index (χ3n) is 4.95.